The van der Waals surface area contributed by atoms with Crippen LogP contribution < -0.4 is 14.8 Å². The molecule has 1 atom stereocenters. The fourth-order valence-electron chi connectivity index (χ4n) is 2.76. The maximum Gasteiger partial charge on any atom is 0.273 e. The van der Waals surface area contributed by atoms with Gasteiger partial charge in [-0.25, -0.2) is 4.68 Å². The summed E-state index contributed by atoms with van der Waals surface area (Å²) in [4.78, 5) is 12.5. The van der Waals surface area contributed by atoms with Crippen molar-refractivity contribution in [3.8, 4) is 17.2 Å². The summed E-state index contributed by atoms with van der Waals surface area (Å²) in [6, 6.07) is 15.0. The fourth-order valence-corrected chi connectivity index (χ4v) is 2.76. The molecule has 0 radical (unpaired) electrons. The third kappa shape index (κ3) is 3.23. The van der Waals surface area contributed by atoms with Gasteiger partial charge in [-0.1, -0.05) is 29.5 Å². The summed E-state index contributed by atoms with van der Waals surface area (Å²) in [6.07, 6.45) is 1.61. The van der Waals surface area contributed by atoms with Crippen LogP contribution in [0.15, 0.2) is 54.7 Å². The molecule has 2 aromatic carbocycles. The van der Waals surface area contributed by atoms with Gasteiger partial charge >= 0.3 is 0 Å². The summed E-state index contributed by atoms with van der Waals surface area (Å²) < 4.78 is 12.7. The highest BCUT2D eigenvalue weighted by molar-refractivity contribution is 5.92. The van der Waals surface area contributed by atoms with E-state index in [2.05, 4.69) is 15.6 Å². The Balaban J connectivity index is 1.47. The average Bonchev–Trinajstić information content (AvgIpc) is 3.18. The van der Waals surface area contributed by atoms with Crippen molar-refractivity contribution >= 4 is 5.91 Å². The molecular weight excluding hydrogens is 332 g/mol. The molecule has 1 unspecified atom stereocenters. The van der Waals surface area contributed by atoms with Crippen molar-refractivity contribution in [3.63, 3.8) is 0 Å². The second-order valence-corrected chi connectivity index (χ2v) is 5.98. The van der Waals surface area contributed by atoms with Crippen molar-refractivity contribution in [2.45, 2.75) is 13.0 Å². The molecule has 1 aliphatic heterocycles. The van der Waals surface area contributed by atoms with Gasteiger partial charge in [0.15, 0.2) is 17.2 Å². The van der Waals surface area contributed by atoms with Crippen LogP contribution in [0.4, 0.5) is 0 Å². The molecule has 1 aromatic heterocycles. The van der Waals surface area contributed by atoms with Crippen LogP contribution in [-0.2, 0) is 0 Å². The van der Waals surface area contributed by atoms with Crippen LogP contribution in [0.25, 0.3) is 5.69 Å². The van der Waals surface area contributed by atoms with Crippen LogP contribution in [0.1, 0.15) is 29.0 Å². The van der Waals surface area contributed by atoms with Crippen LogP contribution in [0, 0.1) is 0 Å². The van der Waals surface area contributed by atoms with Crippen LogP contribution in [0.2, 0.25) is 0 Å². The zero-order valence-corrected chi connectivity index (χ0v) is 14.3. The van der Waals surface area contributed by atoms with Gasteiger partial charge in [-0.15, -0.1) is 5.10 Å². The summed E-state index contributed by atoms with van der Waals surface area (Å²) in [5, 5.41) is 10.9. The second kappa shape index (κ2) is 6.87. The first kappa shape index (κ1) is 16.1. The third-order valence-corrected chi connectivity index (χ3v) is 4.16. The number of ether oxygens (including phenoxy) is 2. The molecule has 1 aliphatic rings. The summed E-state index contributed by atoms with van der Waals surface area (Å²) in [7, 11) is 0. The average molecular weight is 350 g/mol. The molecule has 0 saturated carbocycles. The molecule has 7 nitrogen and oxygen atoms in total. The summed E-state index contributed by atoms with van der Waals surface area (Å²) >= 11 is 0. The van der Waals surface area contributed by atoms with E-state index in [9.17, 15) is 4.79 Å². The van der Waals surface area contributed by atoms with Crippen molar-refractivity contribution in [3.05, 3.63) is 66.0 Å². The molecule has 0 saturated heterocycles. The number of benzene rings is 2. The molecule has 1 N–H and O–H groups in total. The minimum Gasteiger partial charge on any atom is -0.486 e. The molecule has 4 rings (SSSR count). The second-order valence-electron chi connectivity index (χ2n) is 5.98. The van der Waals surface area contributed by atoms with Gasteiger partial charge in [0.25, 0.3) is 5.91 Å². The largest absolute Gasteiger partial charge is 0.486 e. The van der Waals surface area contributed by atoms with E-state index in [1.165, 1.54) is 0 Å². The van der Waals surface area contributed by atoms with Crippen molar-refractivity contribution in [2.75, 3.05) is 13.2 Å². The molecule has 3 aromatic rings. The Bertz CT molecular complexity index is 924. The number of para-hydroxylation sites is 1. The molecule has 0 fully saturated rings. The Morgan fingerprint density at radius 2 is 1.88 bits per heavy atom. The van der Waals surface area contributed by atoms with Crippen LogP contribution >= 0.6 is 0 Å². The van der Waals surface area contributed by atoms with Gasteiger partial charge in [-0.3, -0.25) is 4.79 Å². The smallest absolute Gasteiger partial charge is 0.273 e. The third-order valence-electron chi connectivity index (χ3n) is 4.16. The predicted molar refractivity (Wildman–Crippen MR) is 94.7 cm³/mol. The van der Waals surface area contributed by atoms with Crippen LogP contribution in [0.3, 0.4) is 0 Å². The zero-order valence-electron chi connectivity index (χ0n) is 14.3. The van der Waals surface area contributed by atoms with Crippen molar-refractivity contribution in [1.82, 2.24) is 20.3 Å². The molecule has 0 bridgehead atoms. The Labute approximate surface area is 150 Å². The van der Waals surface area contributed by atoms with E-state index in [1.54, 1.807) is 10.9 Å². The highest BCUT2D eigenvalue weighted by Crippen LogP contribution is 2.32. The molecule has 1 amide bonds. The Kier molecular flexibility index (Phi) is 4.27. The van der Waals surface area contributed by atoms with Gasteiger partial charge in [0.05, 0.1) is 17.9 Å². The highest BCUT2D eigenvalue weighted by Gasteiger charge is 2.18. The summed E-state index contributed by atoms with van der Waals surface area (Å²) in [5.74, 6) is 1.14. The molecule has 0 aliphatic carbocycles. The van der Waals surface area contributed by atoms with E-state index in [4.69, 9.17) is 9.47 Å². The lowest BCUT2D eigenvalue weighted by Gasteiger charge is -2.20. The monoisotopic (exact) mass is 350 g/mol. The topological polar surface area (TPSA) is 78.3 Å². The fraction of sp³-hybridized carbons (Fsp3) is 0.211. The van der Waals surface area contributed by atoms with Crippen molar-refractivity contribution < 1.29 is 14.3 Å². The molecule has 26 heavy (non-hydrogen) atoms. The van der Waals surface area contributed by atoms with Gasteiger partial charge in [0.2, 0.25) is 0 Å². The lowest BCUT2D eigenvalue weighted by Crippen LogP contribution is -2.27. The highest BCUT2D eigenvalue weighted by atomic mass is 16.6. The number of fused-ring (bicyclic) bond motifs is 1. The van der Waals surface area contributed by atoms with E-state index in [0.29, 0.717) is 19.0 Å². The van der Waals surface area contributed by atoms with E-state index >= 15 is 0 Å². The number of amides is 1. The minimum absolute atomic E-state index is 0.208. The maximum absolute atomic E-state index is 12.5. The van der Waals surface area contributed by atoms with Crippen LogP contribution in [-0.4, -0.2) is 34.1 Å². The Morgan fingerprint density at radius 3 is 2.69 bits per heavy atom. The molecule has 0 spiro atoms. The van der Waals surface area contributed by atoms with E-state index in [0.717, 1.165) is 17.0 Å². The molecule has 132 valence electrons. The molecule has 2 heterocycles. The lowest BCUT2D eigenvalue weighted by molar-refractivity contribution is 0.0934. The zero-order chi connectivity index (χ0) is 17.9. The normalized spacial score (nSPS) is 13.9. The number of carbonyl (C=O) groups excluding carboxylic acids is 1. The summed E-state index contributed by atoms with van der Waals surface area (Å²) in [5.41, 5.74) is 2.04. The van der Waals surface area contributed by atoms with Gasteiger partial charge in [-0.2, -0.15) is 0 Å². The lowest BCUT2D eigenvalue weighted by atomic mass is 10.1. The molecule has 7 heteroatoms. The SMILES string of the molecule is CC(NC(=O)c1cn(-c2ccccc2)nn1)c1ccc2c(c1)OCCO2. The van der Waals surface area contributed by atoms with Gasteiger partial charge in [0.1, 0.15) is 13.2 Å². The number of nitrogens with one attached hydrogen (secondary N) is 1. The summed E-state index contributed by atoms with van der Waals surface area (Å²) in [6.45, 7) is 2.99. The van der Waals surface area contributed by atoms with E-state index < -0.39 is 0 Å². The van der Waals surface area contributed by atoms with E-state index in [1.807, 2.05) is 55.5 Å². The number of hydrogen-bond acceptors (Lipinski definition) is 5. The first-order chi connectivity index (χ1) is 12.7. The number of aromatic nitrogens is 3. The molecular formula is C19H18N4O3. The van der Waals surface area contributed by atoms with Gasteiger partial charge in [-0.05, 0) is 36.8 Å². The number of carbonyl (C=O) groups is 1. The number of hydrogen-bond donors (Lipinski definition) is 1. The maximum atomic E-state index is 12.5. The van der Waals surface area contributed by atoms with E-state index in [-0.39, 0.29) is 17.6 Å². The minimum atomic E-state index is -0.283. The van der Waals surface area contributed by atoms with Crippen molar-refractivity contribution in [1.29, 1.82) is 0 Å². The Hall–Kier alpha value is -3.35. The number of nitrogens with zero attached hydrogens (tertiary/aromatic N) is 3. The predicted octanol–water partition coefficient (Wildman–Crippen LogP) is 2.53. The van der Waals surface area contributed by atoms with Gasteiger partial charge in [0, 0.05) is 0 Å². The first-order valence-electron chi connectivity index (χ1n) is 8.39. The first-order valence-corrected chi connectivity index (χ1v) is 8.39. The van der Waals surface area contributed by atoms with Gasteiger partial charge < -0.3 is 14.8 Å². The number of rotatable bonds is 4. The van der Waals surface area contributed by atoms with Crippen molar-refractivity contribution in [2.24, 2.45) is 0 Å². The quantitative estimate of drug-likeness (QED) is 0.782. The van der Waals surface area contributed by atoms with Crippen LogP contribution in [0.5, 0.6) is 11.5 Å². The standard InChI is InChI=1S/C19H18N4O3/c1-13(14-7-8-17-18(11-14)26-10-9-25-17)20-19(24)16-12-23(22-21-16)15-5-3-2-4-6-15/h2-8,11-13H,9-10H2,1H3,(H,20,24). The Morgan fingerprint density at radius 1 is 1.12 bits per heavy atom.